The van der Waals surface area contributed by atoms with Gasteiger partial charge in [-0.1, -0.05) is 24.3 Å². The number of para-hydroxylation sites is 1. The summed E-state index contributed by atoms with van der Waals surface area (Å²) in [4.78, 5) is 12.5. The number of H-pyrrole nitrogens is 1. The lowest BCUT2D eigenvalue weighted by Gasteiger charge is -2.35. The van der Waals surface area contributed by atoms with Gasteiger partial charge in [-0.05, 0) is 24.3 Å². The van der Waals surface area contributed by atoms with E-state index in [0.29, 0.717) is 5.75 Å². The molecule has 2 aromatic carbocycles. The SMILES string of the molecule is Oc1cc2[nH]c3ccccc3c2cc1CN1CCN(c2ccccn2)CC1. The number of rotatable bonds is 3. The summed E-state index contributed by atoms with van der Waals surface area (Å²) in [6.45, 7) is 4.58. The van der Waals surface area contributed by atoms with Crippen molar-refractivity contribution in [2.75, 3.05) is 31.1 Å². The smallest absolute Gasteiger partial charge is 0.128 e. The summed E-state index contributed by atoms with van der Waals surface area (Å²) in [6.07, 6.45) is 1.84. The van der Waals surface area contributed by atoms with Gasteiger partial charge in [-0.3, -0.25) is 4.90 Å². The quantitative estimate of drug-likeness (QED) is 0.586. The number of phenolic OH excluding ortho intramolecular Hbond substituents is 1. The Kier molecular flexibility index (Phi) is 3.94. The number of hydrogen-bond acceptors (Lipinski definition) is 4. The monoisotopic (exact) mass is 358 g/mol. The predicted octanol–water partition coefficient (Wildman–Crippen LogP) is 3.74. The first kappa shape index (κ1) is 16.1. The highest BCUT2D eigenvalue weighted by molar-refractivity contribution is 6.07. The molecule has 4 aromatic rings. The van der Waals surface area contributed by atoms with Gasteiger partial charge in [-0.2, -0.15) is 0 Å². The molecule has 1 saturated heterocycles. The number of hydrogen-bond donors (Lipinski definition) is 2. The molecule has 0 bridgehead atoms. The third-order valence-electron chi connectivity index (χ3n) is 5.44. The highest BCUT2D eigenvalue weighted by Crippen LogP contribution is 2.31. The standard InChI is InChI=1S/C22H22N4O/c27-21-14-20-18(17-5-1-2-6-19(17)24-20)13-16(21)15-25-9-11-26(12-10-25)22-7-3-4-8-23-22/h1-8,13-14,24,27H,9-12,15H2. The minimum atomic E-state index is 0.362. The van der Waals surface area contributed by atoms with Gasteiger partial charge in [-0.25, -0.2) is 4.98 Å². The van der Waals surface area contributed by atoms with E-state index in [9.17, 15) is 5.11 Å². The zero-order valence-electron chi connectivity index (χ0n) is 15.1. The lowest BCUT2D eigenvalue weighted by molar-refractivity contribution is 0.246. The van der Waals surface area contributed by atoms with Gasteiger partial charge in [0, 0.05) is 66.8 Å². The number of aromatic nitrogens is 2. The van der Waals surface area contributed by atoms with Crippen LogP contribution in [0.15, 0.2) is 60.8 Å². The molecular weight excluding hydrogens is 336 g/mol. The number of phenols is 1. The van der Waals surface area contributed by atoms with Crippen LogP contribution in [-0.4, -0.2) is 46.2 Å². The first-order chi connectivity index (χ1) is 13.3. The van der Waals surface area contributed by atoms with E-state index in [4.69, 9.17) is 0 Å². The van der Waals surface area contributed by atoms with Gasteiger partial charge in [0.2, 0.25) is 0 Å². The van der Waals surface area contributed by atoms with Crippen LogP contribution in [0.1, 0.15) is 5.56 Å². The highest BCUT2D eigenvalue weighted by atomic mass is 16.3. The van der Waals surface area contributed by atoms with E-state index in [2.05, 4.69) is 50.1 Å². The number of nitrogens with zero attached hydrogens (tertiary/aromatic N) is 3. The van der Waals surface area contributed by atoms with Gasteiger partial charge < -0.3 is 15.0 Å². The van der Waals surface area contributed by atoms with Crippen molar-refractivity contribution in [1.82, 2.24) is 14.9 Å². The molecule has 27 heavy (non-hydrogen) atoms. The molecule has 0 amide bonds. The van der Waals surface area contributed by atoms with Crippen LogP contribution in [0.4, 0.5) is 5.82 Å². The van der Waals surface area contributed by atoms with E-state index in [0.717, 1.165) is 55.1 Å². The van der Waals surface area contributed by atoms with Gasteiger partial charge in [0.05, 0.1) is 5.52 Å². The Labute approximate surface area is 157 Å². The Morgan fingerprint density at radius 3 is 2.52 bits per heavy atom. The normalized spacial score (nSPS) is 15.6. The molecule has 0 unspecified atom stereocenters. The number of nitrogens with one attached hydrogen (secondary N) is 1. The maximum Gasteiger partial charge on any atom is 0.128 e. The fraction of sp³-hybridized carbons (Fsp3) is 0.227. The van der Waals surface area contributed by atoms with Gasteiger partial charge in [0.1, 0.15) is 11.6 Å². The van der Waals surface area contributed by atoms with Crippen molar-refractivity contribution in [3.63, 3.8) is 0 Å². The van der Waals surface area contributed by atoms with Crippen molar-refractivity contribution in [2.45, 2.75) is 6.54 Å². The van der Waals surface area contributed by atoms with E-state index in [1.165, 1.54) is 10.8 Å². The Balaban J connectivity index is 1.36. The molecule has 1 aliphatic heterocycles. The molecule has 1 aliphatic rings. The Bertz CT molecular complexity index is 1080. The van der Waals surface area contributed by atoms with Gasteiger partial charge >= 0.3 is 0 Å². The molecule has 3 heterocycles. The molecule has 5 nitrogen and oxygen atoms in total. The molecule has 5 heteroatoms. The molecule has 2 aromatic heterocycles. The summed E-state index contributed by atoms with van der Waals surface area (Å²) in [5.41, 5.74) is 3.07. The number of fused-ring (bicyclic) bond motifs is 3. The Morgan fingerprint density at radius 1 is 0.889 bits per heavy atom. The Hall–Kier alpha value is -3.05. The largest absolute Gasteiger partial charge is 0.508 e. The van der Waals surface area contributed by atoms with Crippen LogP contribution in [0.5, 0.6) is 5.75 Å². The second kappa shape index (κ2) is 6.59. The van der Waals surface area contributed by atoms with Crippen molar-refractivity contribution < 1.29 is 5.11 Å². The lowest BCUT2D eigenvalue weighted by Crippen LogP contribution is -2.46. The summed E-state index contributed by atoms with van der Waals surface area (Å²) < 4.78 is 0. The summed E-state index contributed by atoms with van der Waals surface area (Å²) >= 11 is 0. The average Bonchev–Trinajstić information content (AvgIpc) is 3.07. The summed E-state index contributed by atoms with van der Waals surface area (Å²) in [7, 11) is 0. The average molecular weight is 358 g/mol. The van der Waals surface area contributed by atoms with Crippen molar-refractivity contribution in [3.8, 4) is 5.75 Å². The van der Waals surface area contributed by atoms with Crippen LogP contribution in [-0.2, 0) is 6.54 Å². The zero-order chi connectivity index (χ0) is 18.2. The molecule has 136 valence electrons. The fourth-order valence-electron chi connectivity index (χ4n) is 3.97. The van der Waals surface area contributed by atoms with Crippen LogP contribution in [0.2, 0.25) is 0 Å². The fourth-order valence-corrected chi connectivity index (χ4v) is 3.97. The second-order valence-electron chi connectivity index (χ2n) is 7.15. The number of pyridine rings is 1. The predicted molar refractivity (Wildman–Crippen MR) is 109 cm³/mol. The van der Waals surface area contributed by atoms with E-state index >= 15 is 0 Å². The molecule has 0 aliphatic carbocycles. The Morgan fingerprint density at radius 2 is 1.70 bits per heavy atom. The molecule has 0 saturated carbocycles. The van der Waals surface area contributed by atoms with E-state index in [1.54, 1.807) is 0 Å². The van der Waals surface area contributed by atoms with E-state index in [1.807, 2.05) is 30.5 Å². The highest BCUT2D eigenvalue weighted by Gasteiger charge is 2.19. The minimum Gasteiger partial charge on any atom is -0.508 e. The van der Waals surface area contributed by atoms with Crippen LogP contribution < -0.4 is 4.90 Å². The number of aromatic amines is 1. The van der Waals surface area contributed by atoms with Crippen molar-refractivity contribution in [3.05, 3.63) is 66.4 Å². The van der Waals surface area contributed by atoms with Crippen molar-refractivity contribution >= 4 is 27.6 Å². The lowest BCUT2D eigenvalue weighted by atomic mass is 10.1. The topological polar surface area (TPSA) is 55.4 Å². The third kappa shape index (κ3) is 3.00. The van der Waals surface area contributed by atoms with E-state index in [-0.39, 0.29) is 0 Å². The molecule has 0 radical (unpaired) electrons. The van der Waals surface area contributed by atoms with Crippen molar-refractivity contribution in [2.24, 2.45) is 0 Å². The maximum absolute atomic E-state index is 10.5. The van der Waals surface area contributed by atoms with Gasteiger partial charge in [0.15, 0.2) is 0 Å². The van der Waals surface area contributed by atoms with Crippen LogP contribution >= 0.6 is 0 Å². The molecule has 2 N–H and O–H groups in total. The third-order valence-corrected chi connectivity index (χ3v) is 5.44. The number of benzene rings is 2. The molecule has 0 spiro atoms. The molecule has 5 rings (SSSR count). The van der Waals surface area contributed by atoms with Crippen LogP contribution in [0.3, 0.4) is 0 Å². The number of piperazine rings is 1. The first-order valence-corrected chi connectivity index (χ1v) is 9.38. The maximum atomic E-state index is 10.5. The minimum absolute atomic E-state index is 0.362. The van der Waals surface area contributed by atoms with Crippen LogP contribution in [0.25, 0.3) is 21.8 Å². The summed E-state index contributed by atoms with van der Waals surface area (Å²) in [5, 5.41) is 12.9. The molecule has 1 fully saturated rings. The number of anilines is 1. The number of aromatic hydroxyl groups is 1. The summed E-state index contributed by atoms with van der Waals surface area (Å²) in [5.74, 6) is 1.40. The second-order valence-corrected chi connectivity index (χ2v) is 7.15. The molecule has 0 atom stereocenters. The first-order valence-electron chi connectivity index (χ1n) is 9.38. The summed E-state index contributed by atoms with van der Waals surface area (Å²) in [6, 6.07) is 18.3. The van der Waals surface area contributed by atoms with E-state index < -0.39 is 0 Å². The zero-order valence-corrected chi connectivity index (χ0v) is 15.1. The van der Waals surface area contributed by atoms with Crippen LogP contribution in [0, 0.1) is 0 Å². The van der Waals surface area contributed by atoms with Crippen molar-refractivity contribution in [1.29, 1.82) is 0 Å². The van der Waals surface area contributed by atoms with Gasteiger partial charge in [0.25, 0.3) is 0 Å². The molecular formula is C22H22N4O. The van der Waals surface area contributed by atoms with Gasteiger partial charge in [-0.15, -0.1) is 0 Å².